The Balaban J connectivity index is 3.15. The van der Waals surface area contributed by atoms with E-state index in [1.165, 1.54) is 0 Å². The lowest BCUT2D eigenvalue weighted by molar-refractivity contribution is 0.0985. The van der Waals surface area contributed by atoms with E-state index in [-0.39, 0.29) is 12.4 Å². The maximum Gasteiger partial charge on any atom is 0.163 e. The summed E-state index contributed by atoms with van der Waals surface area (Å²) in [5.41, 5.74) is 1.16. The molecule has 0 aliphatic rings. The van der Waals surface area contributed by atoms with Gasteiger partial charge in [0, 0.05) is 17.0 Å². The number of hydrogen-bond donors (Lipinski definition) is 1. The van der Waals surface area contributed by atoms with E-state index in [4.69, 9.17) is 16.7 Å². The summed E-state index contributed by atoms with van der Waals surface area (Å²) >= 11 is 5.74. The first-order chi connectivity index (χ1) is 6.19. The fourth-order valence-electron chi connectivity index (χ4n) is 1.14. The molecule has 1 N–H and O–H groups in total. The first kappa shape index (κ1) is 10.2. The first-order valence-corrected chi connectivity index (χ1v) is 4.49. The number of carbonyl (C=O) groups excluding carboxylic acids is 1. The number of aliphatic hydroxyl groups excluding tert-OH is 1. The van der Waals surface area contributed by atoms with Crippen LogP contribution in [0.5, 0.6) is 0 Å². The molecule has 0 fully saturated rings. The number of aliphatic hydroxyl groups is 1. The zero-order valence-electron chi connectivity index (χ0n) is 7.38. The Morgan fingerprint density at radius 2 is 2.23 bits per heavy atom. The SMILES string of the molecule is CCC(=O)c1cc(Cl)ccc1CO. The first-order valence-electron chi connectivity index (χ1n) is 4.11. The van der Waals surface area contributed by atoms with E-state index in [0.717, 1.165) is 0 Å². The number of halogens is 1. The zero-order chi connectivity index (χ0) is 9.84. The van der Waals surface area contributed by atoms with Gasteiger partial charge >= 0.3 is 0 Å². The monoisotopic (exact) mass is 198 g/mol. The molecular formula is C10H11ClO2. The predicted molar refractivity (Wildman–Crippen MR) is 52.0 cm³/mol. The standard InChI is InChI=1S/C10H11ClO2/c1-2-10(13)9-5-8(11)4-3-7(9)6-12/h3-5,12H,2,6H2,1H3. The van der Waals surface area contributed by atoms with Crippen LogP contribution < -0.4 is 0 Å². The van der Waals surface area contributed by atoms with Crippen molar-refractivity contribution in [2.24, 2.45) is 0 Å². The van der Waals surface area contributed by atoms with Crippen LogP contribution in [0.2, 0.25) is 5.02 Å². The molecule has 0 radical (unpaired) electrons. The molecule has 0 spiro atoms. The molecule has 0 bridgehead atoms. The summed E-state index contributed by atoms with van der Waals surface area (Å²) in [4.78, 5) is 11.4. The van der Waals surface area contributed by atoms with Crippen molar-refractivity contribution >= 4 is 17.4 Å². The van der Waals surface area contributed by atoms with E-state index in [1.54, 1.807) is 25.1 Å². The van der Waals surface area contributed by atoms with Crippen LogP contribution in [0.15, 0.2) is 18.2 Å². The van der Waals surface area contributed by atoms with Gasteiger partial charge in [-0.15, -0.1) is 0 Å². The van der Waals surface area contributed by atoms with Gasteiger partial charge in [0.25, 0.3) is 0 Å². The number of carbonyl (C=O) groups is 1. The molecular weight excluding hydrogens is 188 g/mol. The fraction of sp³-hybridized carbons (Fsp3) is 0.300. The maximum absolute atomic E-state index is 11.4. The van der Waals surface area contributed by atoms with Crippen molar-refractivity contribution in [1.82, 2.24) is 0 Å². The van der Waals surface area contributed by atoms with Crippen molar-refractivity contribution in [3.63, 3.8) is 0 Å². The third-order valence-electron chi connectivity index (χ3n) is 1.86. The highest BCUT2D eigenvalue weighted by molar-refractivity contribution is 6.31. The van der Waals surface area contributed by atoms with Gasteiger partial charge in [-0.25, -0.2) is 0 Å². The summed E-state index contributed by atoms with van der Waals surface area (Å²) < 4.78 is 0. The molecule has 0 unspecified atom stereocenters. The summed E-state index contributed by atoms with van der Waals surface area (Å²) in [6.07, 6.45) is 0.424. The van der Waals surface area contributed by atoms with Crippen LogP contribution in [0.25, 0.3) is 0 Å². The molecule has 1 aromatic carbocycles. The summed E-state index contributed by atoms with van der Waals surface area (Å²) in [5.74, 6) is 0.00606. The van der Waals surface area contributed by atoms with E-state index in [0.29, 0.717) is 22.6 Å². The summed E-state index contributed by atoms with van der Waals surface area (Å²) in [5, 5.41) is 9.48. The van der Waals surface area contributed by atoms with Crippen LogP contribution in [0.4, 0.5) is 0 Å². The Hall–Kier alpha value is -0.860. The topological polar surface area (TPSA) is 37.3 Å². The van der Waals surface area contributed by atoms with Crippen LogP contribution >= 0.6 is 11.6 Å². The van der Waals surface area contributed by atoms with Gasteiger partial charge in [-0.1, -0.05) is 24.6 Å². The van der Waals surface area contributed by atoms with Crippen LogP contribution in [0.1, 0.15) is 29.3 Å². The molecule has 0 aromatic heterocycles. The Labute approximate surface area is 82.2 Å². The van der Waals surface area contributed by atoms with Crippen molar-refractivity contribution in [3.8, 4) is 0 Å². The second kappa shape index (κ2) is 4.40. The van der Waals surface area contributed by atoms with Crippen molar-refractivity contribution in [1.29, 1.82) is 0 Å². The number of benzene rings is 1. The summed E-state index contributed by atoms with van der Waals surface area (Å²) in [7, 11) is 0. The molecule has 0 saturated carbocycles. The molecule has 0 amide bonds. The lowest BCUT2D eigenvalue weighted by atomic mass is 10.0. The molecule has 0 saturated heterocycles. The van der Waals surface area contributed by atoms with Crippen molar-refractivity contribution in [3.05, 3.63) is 34.3 Å². The average Bonchev–Trinajstić information content (AvgIpc) is 2.16. The van der Waals surface area contributed by atoms with Gasteiger partial charge in [-0.05, 0) is 17.7 Å². The number of rotatable bonds is 3. The summed E-state index contributed by atoms with van der Waals surface area (Å²) in [6, 6.07) is 4.93. The number of hydrogen-bond acceptors (Lipinski definition) is 2. The smallest absolute Gasteiger partial charge is 0.163 e. The Morgan fingerprint density at radius 1 is 1.54 bits per heavy atom. The van der Waals surface area contributed by atoms with Crippen molar-refractivity contribution < 1.29 is 9.90 Å². The van der Waals surface area contributed by atoms with Crippen LogP contribution in [0.3, 0.4) is 0 Å². The van der Waals surface area contributed by atoms with Gasteiger partial charge in [0.05, 0.1) is 6.61 Å². The molecule has 1 rings (SSSR count). The van der Waals surface area contributed by atoms with Gasteiger partial charge in [0.2, 0.25) is 0 Å². The zero-order valence-corrected chi connectivity index (χ0v) is 8.14. The highest BCUT2D eigenvalue weighted by Gasteiger charge is 2.08. The van der Waals surface area contributed by atoms with Gasteiger partial charge < -0.3 is 5.11 Å². The van der Waals surface area contributed by atoms with Gasteiger partial charge in [-0.2, -0.15) is 0 Å². The van der Waals surface area contributed by atoms with Crippen LogP contribution in [-0.4, -0.2) is 10.9 Å². The summed E-state index contributed by atoms with van der Waals surface area (Å²) in [6.45, 7) is 1.66. The van der Waals surface area contributed by atoms with E-state index in [1.807, 2.05) is 0 Å². The fourth-order valence-corrected chi connectivity index (χ4v) is 1.31. The van der Waals surface area contributed by atoms with Gasteiger partial charge in [-0.3, -0.25) is 4.79 Å². The lowest BCUT2D eigenvalue weighted by Gasteiger charge is -2.04. The van der Waals surface area contributed by atoms with Gasteiger partial charge in [0.15, 0.2) is 5.78 Å². The van der Waals surface area contributed by atoms with E-state index >= 15 is 0 Å². The van der Waals surface area contributed by atoms with E-state index < -0.39 is 0 Å². The molecule has 0 heterocycles. The molecule has 2 nitrogen and oxygen atoms in total. The van der Waals surface area contributed by atoms with Crippen LogP contribution in [0, 0.1) is 0 Å². The van der Waals surface area contributed by atoms with Gasteiger partial charge in [0.1, 0.15) is 0 Å². The molecule has 13 heavy (non-hydrogen) atoms. The quantitative estimate of drug-likeness (QED) is 0.758. The second-order valence-electron chi connectivity index (χ2n) is 2.74. The van der Waals surface area contributed by atoms with Crippen molar-refractivity contribution in [2.45, 2.75) is 20.0 Å². The normalized spacial score (nSPS) is 10.1. The second-order valence-corrected chi connectivity index (χ2v) is 3.17. The highest BCUT2D eigenvalue weighted by atomic mass is 35.5. The minimum atomic E-state index is -0.127. The largest absolute Gasteiger partial charge is 0.392 e. The maximum atomic E-state index is 11.4. The Bertz CT molecular complexity index is 321. The highest BCUT2D eigenvalue weighted by Crippen LogP contribution is 2.17. The molecule has 3 heteroatoms. The molecule has 0 aliphatic carbocycles. The third-order valence-corrected chi connectivity index (χ3v) is 2.10. The number of ketones is 1. The lowest BCUT2D eigenvalue weighted by Crippen LogP contribution is -2.02. The Kier molecular flexibility index (Phi) is 3.46. The minimum Gasteiger partial charge on any atom is -0.392 e. The molecule has 1 aromatic rings. The Morgan fingerprint density at radius 3 is 2.77 bits per heavy atom. The molecule has 70 valence electrons. The average molecular weight is 199 g/mol. The van der Waals surface area contributed by atoms with Crippen molar-refractivity contribution in [2.75, 3.05) is 0 Å². The minimum absolute atomic E-state index is 0.00606. The van der Waals surface area contributed by atoms with E-state index in [9.17, 15) is 4.79 Å². The molecule has 0 aliphatic heterocycles. The molecule has 0 atom stereocenters. The predicted octanol–water partition coefficient (Wildman–Crippen LogP) is 2.43. The van der Waals surface area contributed by atoms with Crippen LogP contribution in [-0.2, 0) is 6.61 Å². The third kappa shape index (κ3) is 2.29. The number of Topliss-reactive ketones (excluding diaryl/α,β-unsaturated/α-hetero) is 1. The van der Waals surface area contributed by atoms with E-state index in [2.05, 4.69) is 0 Å².